The van der Waals surface area contributed by atoms with Gasteiger partial charge >= 0.3 is 0 Å². The number of aryl methyl sites for hydroxylation is 1. The summed E-state index contributed by atoms with van der Waals surface area (Å²) >= 11 is 7.42. The second-order valence-electron chi connectivity index (χ2n) is 3.27. The maximum Gasteiger partial charge on any atom is 0.221 e. The predicted molar refractivity (Wildman–Crippen MR) is 66.8 cm³/mol. The van der Waals surface area contributed by atoms with E-state index in [9.17, 15) is 0 Å². The molecule has 0 aliphatic heterocycles. The number of halogens is 1. The molecule has 0 aliphatic rings. The highest BCUT2D eigenvalue weighted by atomic mass is 35.5. The summed E-state index contributed by atoms with van der Waals surface area (Å²) < 4.78 is 0. The van der Waals surface area contributed by atoms with E-state index in [1.54, 1.807) is 0 Å². The number of hydrogen-bond donors (Lipinski definition) is 1. The van der Waals surface area contributed by atoms with E-state index in [2.05, 4.69) is 9.97 Å². The quantitative estimate of drug-likeness (QED) is 0.833. The lowest BCUT2D eigenvalue weighted by Gasteiger charge is -2.03. The Bertz CT molecular complexity index is 496. The van der Waals surface area contributed by atoms with Gasteiger partial charge in [0.1, 0.15) is 5.03 Å². The van der Waals surface area contributed by atoms with Crippen LogP contribution in [0.3, 0.4) is 0 Å². The van der Waals surface area contributed by atoms with Gasteiger partial charge in [-0.25, -0.2) is 9.97 Å². The highest BCUT2D eigenvalue weighted by molar-refractivity contribution is 7.99. The SMILES string of the molecule is Cc1cc(Sc2cccc(Cl)c2)nc(N)n1. The summed E-state index contributed by atoms with van der Waals surface area (Å²) in [5, 5.41) is 1.54. The molecule has 5 heteroatoms. The molecule has 1 aromatic carbocycles. The van der Waals surface area contributed by atoms with Crippen LogP contribution in [0.1, 0.15) is 5.69 Å². The first-order chi connectivity index (χ1) is 7.63. The van der Waals surface area contributed by atoms with Gasteiger partial charge in [-0.1, -0.05) is 29.4 Å². The van der Waals surface area contributed by atoms with E-state index < -0.39 is 0 Å². The van der Waals surface area contributed by atoms with Crippen LogP contribution in [0.15, 0.2) is 40.3 Å². The van der Waals surface area contributed by atoms with Gasteiger partial charge in [-0.05, 0) is 31.2 Å². The van der Waals surface area contributed by atoms with Gasteiger partial charge in [-0.3, -0.25) is 0 Å². The molecule has 0 saturated carbocycles. The van der Waals surface area contributed by atoms with Crippen LogP contribution in [0.25, 0.3) is 0 Å². The summed E-state index contributed by atoms with van der Waals surface area (Å²) in [5.74, 6) is 0.296. The molecule has 16 heavy (non-hydrogen) atoms. The molecule has 0 aliphatic carbocycles. The highest BCUT2D eigenvalue weighted by Gasteiger charge is 2.02. The van der Waals surface area contributed by atoms with Crippen LogP contribution < -0.4 is 5.73 Å². The van der Waals surface area contributed by atoms with Crippen molar-refractivity contribution >= 4 is 29.3 Å². The minimum absolute atomic E-state index is 0.296. The molecule has 0 amide bonds. The maximum absolute atomic E-state index is 5.90. The normalized spacial score (nSPS) is 10.4. The molecule has 3 nitrogen and oxygen atoms in total. The Morgan fingerprint density at radius 2 is 2.06 bits per heavy atom. The van der Waals surface area contributed by atoms with Gasteiger partial charge in [0, 0.05) is 15.6 Å². The van der Waals surface area contributed by atoms with Crippen LogP contribution in [0, 0.1) is 6.92 Å². The Labute approximate surface area is 103 Å². The second kappa shape index (κ2) is 4.72. The van der Waals surface area contributed by atoms with Crippen molar-refractivity contribution in [1.82, 2.24) is 9.97 Å². The first kappa shape index (κ1) is 11.2. The zero-order valence-electron chi connectivity index (χ0n) is 8.64. The lowest BCUT2D eigenvalue weighted by molar-refractivity contribution is 1.02. The molecule has 0 spiro atoms. The molecule has 0 atom stereocenters. The minimum atomic E-state index is 0.296. The largest absolute Gasteiger partial charge is 0.368 e. The molecule has 0 radical (unpaired) electrons. The van der Waals surface area contributed by atoms with E-state index in [1.165, 1.54) is 11.8 Å². The fraction of sp³-hybridized carbons (Fsp3) is 0.0909. The lowest BCUT2D eigenvalue weighted by atomic mass is 10.4. The van der Waals surface area contributed by atoms with Gasteiger partial charge in [0.2, 0.25) is 5.95 Å². The van der Waals surface area contributed by atoms with Crippen molar-refractivity contribution < 1.29 is 0 Å². The van der Waals surface area contributed by atoms with Crippen LogP contribution in [-0.4, -0.2) is 9.97 Å². The summed E-state index contributed by atoms with van der Waals surface area (Å²) in [6.45, 7) is 1.89. The summed E-state index contributed by atoms with van der Waals surface area (Å²) in [6, 6.07) is 9.50. The molecule has 2 N–H and O–H groups in total. The molecule has 1 heterocycles. The molecule has 2 rings (SSSR count). The van der Waals surface area contributed by atoms with E-state index in [0.717, 1.165) is 15.6 Å². The van der Waals surface area contributed by atoms with E-state index in [0.29, 0.717) is 11.0 Å². The van der Waals surface area contributed by atoms with Crippen LogP contribution in [0.5, 0.6) is 0 Å². The van der Waals surface area contributed by atoms with Gasteiger partial charge in [0.15, 0.2) is 0 Å². The highest BCUT2D eigenvalue weighted by Crippen LogP contribution is 2.28. The molecule has 82 valence electrons. The van der Waals surface area contributed by atoms with E-state index in [-0.39, 0.29) is 0 Å². The number of nitrogen functional groups attached to an aromatic ring is 1. The van der Waals surface area contributed by atoms with Gasteiger partial charge in [0.25, 0.3) is 0 Å². The maximum atomic E-state index is 5.90. The standard InChI is InChI=1S/C11H10ClN3S/c1-7-5-10(15-11(13)14-7)16-9-4-2-3-8(12)6-9/h2-6H,1H3,(H2,13,14,15). The Hall–Kier alpha value is -1.26. The topological polar surface area (TPSA) is 51.8 Å². The molecular weight excluding hydrogens is 242 g/mol. The number of nitrogens with two attached hydrogens (primary N) is 1. The van der Waals surface area contributed by atoms with Crippen molar-refractivity contribution in [3.05, 3.63) is 41.0 Å². The Kier molecular flexibility index (Phi) is 3.31. The monoisotopic (exact) mass is 251 g/mol. The second-order valence-corrected chi connectivity index (χ2v) is 4.80. The van der Waals surface area contributed by atoms with Crippen molar-refractivity contribution in [1.29, 1.82) is 0 Å². The van der Waals surface area contributed by atoms with Gasteiger partial charge < -0.3 is 5.73 Å². The van der Waals surface area contributed by atoms with Gasteiger partial charge in [-0.2, -0.15) is 0 Å². The summed E-state index contributed by atoms with van der Waals surface area (Å²) in [5.41, 5.74) is 6.44. The zero-order chi connectivity index (χ0) is 11.5. The molecule has 0 fully saturated rings. The smallest absolute Gasteiger partial charge is 0.221 e. The number of rotatable bonds is 2. The first-order valence-electron chi connectivity index (χ1n) is 4.68. The Morgan fingerprint density at radius 3 is 2.75 bits per heavy atom. The minimum Gasteiger partial charge on any atom is -0.368 e. The van der Waals surface area contributed by atoms with E-state index in [4.69, 9.17) is 17.3 Å². The zero-order valence-corrected chi connectivity index (χ0v) is 10.2. The third-order valence-corrected chi connectivity index (χ3v) is 3.01. The predicted octanol–water partition coefficient (Wildman–Crippen LogP) is 3.17. The number of aromatic nitrogens is 2. The van der Waals surface area contributed by atoms with Crippen molar-refractivity contribution in [2.24, 2.45) is 0 Å². The van der Waals surface area contributed by atoms with Gasteiger partial charge in [0.05, 0.1) is 0 Å². The van der Waals surface area contributed by atoms with Crippen molar-refractivity contribution in [2.75, 3.05) is 5.73 Å². The Balaban J connectivity index is 2.27. The van der Waals surface area contributed by atoms with E-state index >= 15 is 0 Å². The summed E-state index contributed by atoms with van der Waals surface area (Å²) in [4.78, 5) is 9.20. The van der Waals surface area contributed by atoms with Crippen LogP contribution in [-0.2, 0) is 0 Å². The molecule has 0 unspecified atom stereocenters. The van der Waals surface area contributed by atoms with E-state index in [1.807, 2.05) is 37.3 Å². The third-order valence-electron chi connectivity index (χ3n) is 1.87. The molecule has 2 aromatic rings. The lowest BCUT2D eigenvalue weighted by Crippen LogP contribution is -1.97. The molecular formula is C11H10ClN3S. The Morgan fingerprint density at radius 1 is 1.25 bits per heavy atom. The fourth-order valence-corrected chi connectivity index (χ4v) is 2.46. The van der Waals surface area contributed by atoms with Gasteiger partial charge in [-0.15, -0.1) is 0 Å². The number of hydrogen-bond acceptors (Lipinski definition) is 4. The molecule has 0 saturated heterocycles. The average Bonchev–Trinajstić information content (AvgIpc) is 2.15. The fourth-order valence-electron chi connectivity index (χ4n) is 1.27. The summed E-state index contributed by atoms with van der Waals surface area (Å²) in [7, 11) is 0. The summed E-state index contributed by atoms with van der Waals surface area (Å²) in [6.07, 6.45) is 0. The number of nitrogens with zero attached hydrogens (tertiary/aromatic N) is 2. The number of benzene rings is 1. The van der Waals surface area contributed by atoms with Crippen LogP contribution in [0.4, 0.5) is 5.95 Å². The van der Waals surface area contributed by atoms with Crippen LogP contribution in [0.2, 0.25) is 5.02 Å². The van der Waals surface area contributed by atoms with Crippen LogP contribution >= 0.6 is 23.4 Å². The van der Waals surface area contributed by atoms with Crippen molar-refractivity contribution in [3.63, 3.8) is 0 Å². The first-order valence-corrected chi connectivity index (χ1v) is 5.87. The molecule has 1 aromatic heterocycles. The third kappa shape index (κ3) is 2.87. The van der Waals surface area contributed by atoms with Crippen molar-refractivity contribution in [3.8, 4) is 0 Å². The number of anilines is 1. The average molecular weight is 252 g/mol. The van der Waals surface area contributed by atoms with Crippen molar-refractivity contribution in [2.45, 2.75) is 16.8 Å². The molecule has 0 bridgehead atoms.